The summed E-state index contributed by atoms with van der Waals surface area (Å²) in [6.45, 7) is 3.34. The van der Waals surface area contributed by atoms with Gasteiger partial charge in [-0.1, -0.05) is 0 Å². The Balaban J connectivity index is 1.68. The van der Waals surface area contributed by atoms with E-state index in [4.69, 9.17) is 5.11 Å². The molecule has 0 radical (unpaired) electrons. The van der Waals surface area contributed by atoms with Crippen molar-refractivity contribution in [3.05, 3.63) is 11.6 Å². The molecule has 3 rings (SSSR count). The highest BCUT2D eigenvalue weighted by Crippen LogP contribution is 2.20. The third kappa shape index (κ3) is 2.63. The summed E-state index contributed by atoms with van der Waals surface area (Å²) in [5.74, 6) is 1.19. The van der Waals surface area contributed by atoms with Gasteiger partial charge in [0.1, 0.15) is 11.6 Å². The Hall–Kier alpha value is -1.43. The number of hydrogen-bond acceptors (Lipinski definition) is 4. The lowest BCUT2D eigenvalue weighted by Crippen LogP contribution is -2.38. The molecule has 0 saturated carbocycles. The summed E-state index contributed by atoms with van der Waals surface area (Å²) >= 11 is 0. The summed E-state index contributed by atoms with van der Waals surface area (Å²) in [6, 6.07) is 0. The fraction of sp³-hybridized carbons (Fsp3) is 0.769. The van der Waals surface area contributed by atoms with Crippen LogP contribution >= 0.6 is 0 Å². The van der Waals surface area contributed by atoms with Crippen LogP contribution in [0.4, 0.5) is 0 Å². The minimum atomic E-state index is -0.673. The van der Waals surface area contributed by atoms with Crippen molar-refractivity contribution in [3.8, 4) is 0 Å². The summed E-state index contributed by atoms with van der Waals surface area (Å²) in [6.07, 6.45) is 5.16. The molecule has 1 N–H and O–H groups in total. The first-order valence-corrected chi connectivity index (χ1v) is 7.10. The number of likely N-dealkylation sites (tertiary alicyclic amines) is 1. The zero-order chi connectivity index (χ0) is 13.2. The van der Waals surface area contributed by atoms with Crippen molar-refractivity contribution in [2.24, 2.45) is 5.92 Å². The summed E-state index contributed by atoms with van der Waals surface area (Å²) < 4.78 is 2.22. The number of aliphatic carboxylic acids is 1. The molecule has 2 aliphatic rings. The molecule has 0 bridgehead atoms. The Labute approximate surface area is 112 Å². The highest BCUT2D eigenvalue weighted by Gasteiger charge is 2.26. The molecule has 0 aliphatic carbocycles. The zero-order valence-corrected chi connectivity index (χ0v) is 11.1. The van der Waals surface area contributed by atoms with Crippen LogP contribution in [-0.2, 0) is 24.3 Å². The van der Waals surface area contributed by atoms with E-state index in [0.29, 0.717) is 6.54 Å². The summed E-state index contributed by atoms with van der Waals surface area (Å²) in [5.41, 5.74) is 0. The molecule has 1 atom stereocenters. The van der Waals surface area contributed by atoms with Crippen LogP contribution in [0.3, 0.4) is 0 Å². The normalized spacial score (nSPS) is 24.1. The zero-order valence-electron chi connectivity index (χ0n) is 11.1. The lowest BCUT2D eigenvalue weighted by molar-refractivity contribution is -0.143. The van der Waals surface area contributed by atoms with Crippen LogP contribution in [0.2, 0.25) is 0 Å². The first-order valence-electron chi connectivity index (χ1n) is 7.10. The predicted octanol–water partition coefficient (Wildman–Crippen LogP) is 0.911. The molecule has 1 unspecified atom stereocenters. The molecule has 104 valence electrons. The second kappa shape index (κ2) is 5.28. The Kier molecular flexibility index (Phi) is 3.50. The molecule has 6 heteroatoms. The molecule has 2 aliphatic heterocycles. The third-order valence-corrected chi connectivity index (χ3v) is 4.16. The quantitative estimate of drug-likeness (QED) is 0.878. The van der Waals surface area contributed by atoms with Crippen molar-refractivity contribution in [1.82, 2.24) is 19.7 Å². The van der Waals surface area contributed by atoms with Crippen LogP contribution in [0.25, 0.3) is 0 Å². The van der Waals surface area contributed by atoms with Crippen molar-refractivity contribution >= 4 is 5.97 Å². The van der Waals surface area contributed by atoms with Gasteiger partial charge < -0.3 is 9.67 Å². The molecular weight excluding hydrogens is 244 g/mol. The highest BCUT2D eigenvalue weighted by molar-refractivity contribution is 5.70. The van der Waals surface area contributed by atoms with Gasteiger partial charge in [0.15, 0.2) is 0 Å². The van der Waals surface area contributed by atoms with E-state index in [-0.39, 0.29) is 5.92 Å². The van der Waals surface area contributed by atoms with E-state index < -0.39 is 5.97 Å². The molecule has 0 spiro atoms. The van der Waals surface area contributed by atoms with E-state index in [0.717, 1.165) is 50.5 Å². The van der Waals surface area contributed by atoms with E-state index in [2.05, 4.69) is 19.7 Å². The highest BCUT2D eigenvalue weighted by atomic mass is 16.4. The van der Waals surface area contributed by atoms with Crippen LogP contribution < -0.4 is 0 Å². The number of aromatic nitrogens is 3. The third-order valence-electron chi connectivity index (χ3n) is 4.16. The maximum Gasteiger partial charge on any atom is 0.307 e. The molecule has 1 aromatic rings. The molecule has 0 aromatic carbocycles. The first-order chi connectivity index (χ1) is 9.24. The van der Waals surface area contributed by atoms with E-state index in [1.807, 2.05) is 0 Å². The summed E-state index contributed by atoms with van der Waals surface area (Å²) in [4.78, 5) is 13.3. The van der Waals surface area contributed by atoms with Gasteiger partial charge in [-0.15, -0.1) is 10.2 Å². The Morgan fingerprint density at radius 3 is 3.00 bits per heavy atom. The monoisotopic (exact) mass is 264 g/mol. The molecule has 3 heterocycles. The number of hydrogen-bond donors (Lipinski definition) is 1. The molecular formula is C13H20N4O2. The Bertz CT molecular complexity index is 471. The van der Waals surface area contributed by atoms with E-state index in [9.17, 15) is 4.79 Å². The average Bonchev–Trinajstić information content (AvgIpc) is 2.83. The minimum Gasteiger partial charge on any atom is -0.481 e. The predicted molar refractivity (Wildman–Crippen MR) is 68.6 cm³/mol. The standard InChI is InChI=1S/C13H20N4O2/c18-13(19)10-4-3-6-16(8-10)9-12-15-14-11-5-1-2-7-17(11)12/h10H,1-9H2,(H,18,19). The van der Waals surface area contributed by atoms with Gasteiger partial charge in [-0.25, -0.2) is 0 Å². The SMILES string of the molecule is O=C(O)C1CCCN(Cc2nnc3n2CCCC3)C1. The van der Waals surface area contributed by atoms with Gasteiger partial charge in [-0.3, -0.25) is 9.69 Å². The molecule has 1 saturated heterocycles. The van der Waals surface area contributed by atoms with Gasteiger partial charge >= 0.3 is 5.97 Å². The molecule has 0 amide bonds. The smallest absolute Gasteiger partial charge is 0.307 e. The fourth-order valence-corrected chi connectivity index (χ4v) is 3.09. The van der Waals surface area contributed by atoms with Crippen LogP contribution in [-0.4, -0.2) is 43.8 Å². The van der Waals surface area contributed by atoms with Gasteiger partial charge in [0.2, 0.25) is 0 Å². The Morgan fingerprint density at radius 2 is 2.16 bits per heavy atom. The number of fused-ring (bicyclic) bond motifs is 1. The molecule has 6 nitrogen and oxygen atoms in total. The van der Waals surface area contributed by atoms with Gasteiger partial charge in [-0.2, -0.15) is 0 Å². The number of carboxylic acid groups (broad SMARTS) is 1. The first kappa shape index (κ1) is 12.6. The molecule has 1 fully saturated rings. The van der Waals surface area contributed by atoms with E-state index >= 15 is 0 Å². The average molecular weight is 264 g/mol. The number of carbonyl (C=O) groups is 1. The van der Waals surface area contributed by atoms with Gasteiger partial charge in [0, 0.05) is 19.5 Å². The van der Waals surface area contributed by atoms with Crippen LogP contribution in [0, 0.1) is 5.92 Å². The largest absolute Gasteiger partial charge is 0.481 e. The van der Waals surface area contributed by atoms with Crippen molar-refractivity contribution in [3.63, 3.8) is 0 Å². The van der Waals surface area contributed by atoms with Gasteiger partial charge in [0.05, 0.1) is 12.5 Å². The Morgan fingerprint density at radius 1 is 1.26 bits per heavy atom. The molecule has 19 heavy (non-hydrogen) atoms. The number of carboxylic acids is 1. The number of aryl methyl sites for hydroxylation is 1. The fourth-order valence-electron chi connectivity index (χ4n) is 3.09. The summed E-state index contributed by atoms with van der Waals surface area (Å²) in [5, 5.41) is 17.6. The lowest BCUT2D eigenvalue weighted by Gasteiger charge is -2.30. The topological polar surface area (TPSA) is 71.2 Å². The van der Waals surface area contributed by atoms with Crippen molar-refractivity contribution in [2.45, 2.75) is 45.2 Å². The van der Waals surface area contributed by atoms with Crippen molar-refractivity contribution in [2.75, 3.05) is 13.1 Å². The minimum absolute atomic E-state index is 0.225. The van der Waals surface area contributed by atoms with Crippen LogP contribution in [0.15, 0.2) is 0 Å². The van der Waals surface area contributed by atoms with Crippen molar-refractivity contribution < 1.29 is 9.90 Å². The van der Waals surface area contributed by atoms with Crippen molar-refractivity contribution in [1.29, 1.82) is 0 Å². The van der Waals surface area contributed by atoms with Crippen LogP contribution in [0.1, 0.15) is 37.3 Å². The lowest BCUT2D eigenvalue weighted by atomic mass is 9.98. The van der Waals surface area contributed by atoms with Gasteiger partial charge in [0.25, 0.3) is 0 Å². The number of rotatable bonds is 3. The molecule has 1 aromatic heterocycles. The maximum absolute atomic E-state index is 11.1. The summed E-state index contributed by atoms with van der Waals surface area (Å²) in [7, 11) is 0. The van der Waals surface area contributed by atoms with E-state index in [1.54, 1.807) is 0 Å². The van der Waals surface area contributed by atoms with Crippen LogP contribution in [0.5, 0.6) is 0 Å². The van der Waals surface area contributed by atoms with E-state index in [1.165, 1.54) is 12.8 Å². The number of piperidine rings is 1. The second-order valence-corrected chi connectivity index (χ2v) is 5.55. The van der Waals surface area contributed by atoms with Gasteiger partial charge in [-0.05, 0) is 32.2 Å². The maximum atomic E-state index is 11.1. The number of nitrogens with zero attached hydrogens (tertiary/aromatic N) is 4. The second-order valence-electron chi connectivity index (χ2n) is 5.55.